The molecule has 0 saturated carbocycles. The van der Waals surface area contributed by atoms with Crippen molar-refractivity contribution in [2.24, 2.45) is 0 Å². The van der Waals surface area contributed by atoms with Crippen molar-refractivity contribution in [3.63, 3.8) is 0 Å². The number of rotatable bonds is 11. The van der Waals surface area contributed by atoms with E-state index in [1.165, 1.54) is 39.5 Å². The molecule has 4 rings (SSSR count). The first kappa shape index (κ1) is 26.0. The van der Waals surface area contributed by atoms with E-state index in [1.807, 2.05) is 25.1 Å². The maximum Gasteiger partial charge on any atom is 0.338 e. The SMILES string of the molecule is CCCCc1oc2cc(C)c(C(=O)OC)cc2c1C(=O)c1ccc(OCCCN2CCCCC2)cc1. The van der Waals surface area contributed by atoms with Crippen molar-refractivity contribution in [1.82, 2.24) is 4.90 Å². The quantitative estimate of drug-likeness (QED) is 0.177. The Bertz CT molecular complexity index is 1190. The number of ketones is 1. The molecule has 1 fully saturated rings. The smallest absolute Gasteiger partial charge is 0.338 e. The molecule has 1 aliphatic heterocycles. The number of methoxy groups -OCH3 is 1. The predicted octanol–water partition coefficient (Wildman–Crippen LogP) is 6.36. The molecule has 0 amide bonds. The molecule has 0 radical (unpaired) electrons. The average molecular weight is 492 g/mol. The summed E-state index contributed by atoms with van der Waals surface area (Å²) in [5.41, 5.74) is 2.90. The number of fused-ring (bicyclic) bond motifs is 1. The summed E-state index contributed by atoms with van der Waals surface area (Å²) in [7, 11) is 1.36. The Hall–Kier alpha value is -3.12. The van der Waals surface area contributed by atoms with Crippen LogP contribution in [0.3, 0.4) is 0 Å². The van der Waals surface area contributed by atoms with Crippen LogP contribution in [0.15, 0.2) is 40.8 Å². The Morgan fingerprint density at radius 3 is 2.47 bits per heavy atom. The van der Waals surface area contributed by atoms with Gasteiger partial charge in [0.2, 0.25) is 0 Å². The maximum atomic E-state index is 13.7. The van der Waals surface area contributed by atoms with E-state index in [-0.39, 0.29) is 5.78 Å². The van der Waals surface area contributed by atoms with E-state index in [2.05, 4.69) is 11.8 Å². The highest BCUT2D eigenvalue weighted by Gasteiger charge is 2.24. The van der Waals surface area contributed by atoms with Crippen LogP contribution >= 0.6 is 0 Å². The molecule has 3 aromatic rings. The fraction of sp³-hybridized carbons (Fsp3) is 0.467. The molecular formula is C30H37NO5. The molecule has 0 unspecified atom stereocenters. The van der Waals surface area contributed by atoms with Gasteiger partial charge in [-0.25, -0.2) is 4.79 Å². The normalized spacial score (nSPS) is 14.2. The van der Waals surface area contributed by atoms with Gasteiger partial charge in [0.25, 0.3) is 0 Å². The van der Waals surface area contributed by atoms with Crippen LogP contribution in [0, 0.1) is 6.92 Å². The summed E-state index contributed by atoms with van der Waals surface area (Å²) in [6.45, 7) is 8.06. The number of furan rings is 1. The topological polar surface area (TPSA) is 69.0 Å². The number of piperidine rings is 1. The Balaban J connectivity index is 1.51. The van der Waals surface area contributed by atoms with Crippen molar-refractivity contribution in [3.05, 3.63) is 64.4 Å². The number of ether oxygens (including phenoxy) is 2. The minimum absolute atomic E-state index is 0.115. The lowest BCUT2D eigenvalue weighted by atomic mass is 9.96. The van der Waals surface area contributed by atoms with E-state index >= 15 is 0 Å². The summed E-state index contributed by atoms with van der Waals surface area (Å²) in [5.74, 6) is 0.885. The van der Waals surface area contributed by atoms with Gasteiger partial charge >= 0.3 is 5.97 Å². The maximum absolute atomic E-state index is 13.7. The number of esters is 1. The molecule has 0 bridgehead atoms. The number of carbonyl (C=O) groups is 2. The first-order valence-electron chi connectivity index (χ1n) is 13.2. The minimum atomic E-state index is -0.425. The van der Waals surface area contributed by atoms with Crippen LogP contribution < -0.4 is 4.74 Å². The molecule has 2 aromatic carbocycles. The fourth-order valence-electron chi connectivity index (χ4n) is 4.90. The van der Waals surface area contributed by atoms with E-state index in [0.717, 1.165) is 37.1 Å². The van der Waals surface area contributed by atoms with Crippen LogP contribution in [0.25, 0.3) is 11.0 Å². The van der Waals surface area contributed by atoms with Crippen LogP contribution in [0.2, 0.25) is 0 Å². The molecular weight excluding hydrogens is 454 g/mol. The number of hydrogen-bond acceptors (Lipinski definition) is 6. The minimum Gasteiger partial charge on any atom is -0.494 e. The number of aryl methyl sites for hydroxylation is 2. The van der Waals surface area contributed by atoms with E-state index in [0.29, 0.717) is 46.4 Å². The largest absolute Gasteiger partial charge is 0.494 e. The highest BCUT2D eigenvalue weighted by Crippen LogP contribution is 2.32. The number of carbonyl (C=O) groups excluding carboxylic acids is 2. The molecule has 36 heavy (non-hydrogen) atoms. The lowest BCUT2D eigenvalue weighted by Gasteiger charge is -2.26. The Labute approximate surface area is 213 Å². The van der Waals surface area contributed by atoms with E-state index < -0.39 is 5.97 Å². The summed E-state index contributed by atoms with van der Waals surface area (Å²) in [6, 6.07) is 10.9. The third kappa shape index (κ3) is 5.98. The highest BCUT2D eigenvalue weighted by molar-refractivity contribution is 6.17. The van der Waals surface area contributed by atoms with Gasteiger partial charge in [-0.3, -0.25) is 4.79 Å². The number of nitrogens with zero attached hydrogens (tertiary/aromatic N) is 1. The lowest BCUT2D eigenvalue weighted by Crippen LogP contribution is -2.31. The first-order valence-corrected chi connectivity index (χ1v) is 13.2. The first-order chi connectivity index (χ1) is 17.5. The van der Waals surface area contributed by atoms with Crippen molar-refractivity contribution >= 4 is 22.7 Å². The van der Waals surface area contributed by atoms with Crippen LogP contribution in [0.1, 0.15) is 83.1 Å². The van der Waals surface area contributed by atoms with Crippen LogP contribution in [-0.4, -0.2) is 50.0 Å². The Morgan fingerprint density at radius 2 is 1.78 bits per heavy atom. The van der Waals surface area contributed by atoms with Gasteiger partial charge in [-0.2, -0.15) is 0 Å². The molecule has 6 nitrogen and oxygen atoms in total. The summed E-state index contributed by atoms with van der Waals surface area (Å²) in [6.07, 6.45) is 7.49. The van der Waals surface area contributed by atoms with E-state index in [9.17, 15) is 9.59 Å². The predicted molar refractivity (Wildman–Crippen MR) is 141 cm³/mol. The van der Waals surface area contributed by atoms with Crippen molar-refractivity contribution in [2.75, 3.05) is 33.4 Å². The average Bonchev–Trinajstić information content (AvgIpc) is 3.26. The summed E-state index contributed by atoms with van der Waals surface area (Å²) < 4.78 is 17.0. The molecule has 6 heteroatoms. The number of benzene rings is 2. The molecule has 192 valence electrons. The van der Waals surface area contributed by atoms with Gasteiger partial charge in [0.1, 0.15) is 17.1 Å². The van der Waals surface area contributed by atoms with Gasteiger partial charge in [-0.1, -0.05) is 19.8 Å². The second-order valence-corrected chi connectivity index (χ2v) is 9.62. The van der Waals surface area contributed by atoms with E-state index in [4.69, 9.17) is 13.9 Å². The van der Waals surface area contributed by atoms with Gasteiger partial charge in [-0.05, 0) is 87.7 Å². The van der Waals surface area contributed by atoms with Crippen molar-refractivity contribution < 1.29 is 23.5 Å². The summed E-state index contributed by atoms with van der Waals surface area (Å²) in [4.78, 5) is 28.5. The highest BCUT2D eigenvalue weighted by atomic mass is 16.5. The van der Waals surface area contributed by atoms with Crippen molar-refractivity contribution in [2.45, 2.75) is 58.8 Å². The molecule has 0 spiro atoms. The summed E-state index contributed by atoms with van der Waals surface area (Å²) >= 11 is 0. The molecule has 2 heterocycles. The van der Waals surface area contributed by atoms with E-state index in [1.54, 1.807) is 18.2 Å². The van der Waals surface area contributed by atoms with Crippen LogP contribution in [-0.2, 0) is 11.2 Å². The zero-order valence-corrected chi connectivity index (χ0v) is 21.7. The van der Waals surface area contributed by atoms with Crippen molar-refractivity contribution in [1.29, 1.82) is 0 Å². The molecule has 1 aromatic heterocycles. The molecule has 1 saturated heterocycles. The standard InChI is InChI=1S/C30H37NO5/c1-4-5-10-26-28(25-20-24(30(33)34-3)21(2)19-27(25)36-26)29(32)22-11-13-23(14-12-22)35-18-9-17-31-15-7-6-8-16-31/h11-14,19-20H,4-10,15-18H2,1-3H3. The third-order valence-electron chi connectivity index (χ3n) is 6.95. The van der Waals surface area contributed by atoms with Gasteiger partial charge in [-0.15, -0.1) is 0 Å². The Morgan fingerprint density at radius 1 is 1.03 bits per heavy atom. The fourth-order valence-corrected chi connectivity index (χ4v) is 4.90. The van der Waals surface area contributed by atoms with Gasteiger partial charge in [0, 0.05) is 23.9 Å². The monoisotopic (exact) mass is 491 g/mol. The Kier molecular flexibility index (Phi) is 8.81. The summed E-state index contributed by atoms with van der Waals surface area (Å²) in [5, 5.41) is 0.648. The molecule has 1 aliphatic rings. The number of likely N-dealkylation sites (tertiary alicyclic amines) is 1. The lowest BCUT2D eigenvalue weighted by molar-refractivity contribution is 0.0600. The number of unbranched alkanes of at least 4 members (excludes halogenated alkanes) is 1. The second-order valence-electron chi connectivity index (χ2n) is 9.62. The van der Waals surface area contributed by atoms with Crippen molar-refractivity contribution in [3.8, 4) is 5.75 Å². The zero-order chi connectivity index (χ0) is 25.5. The van der Waals surface area contributed by atoms with Gasteiger partial charge in [0.05, 0.1) is 24.8 Å². The van der Waals surface area contributed by atoms with Gasteiger partial charge < -0.3 is 18.8 Å². The third-order valence-corrected chi connectivity index (χ3v) is 6.95. The molecule has 0 N–H and O–H groups in total. The molecule has 0 atom stereocenters. The van der Waals surface area contributed by atoms with Crippen LogP contribution in [0.5, 0.6) is 5.75 Å². The van der Waals surface area contributed by atoms with Crippen LogP contribution in [0.4, 0.5) is 0 Å². The molecule has 0 aliphatic carbocycles. The number of hydrogen-bond donors (Lipinski definition) is 0. The second kappa shape index (κ2) is 12.2. The zero-order valence-electron chi connectivity index (χ0n) is 21.7. The van der Waals surface area contributed by atoms with Gasteiger partial charge in [0.15, 0.2) is 5.78 Å².